The number of amides is 1. The van der Waals surface area contributed by atoms with Gasteiger partial charge in [-0.15, -0.1) is 0 Å². The maximum atomic E-state index is 12.8. The topological polar surface area (TPSA) is 95.1 Å². The molecule has 1 saturated heterocycles. The summed E-state index contributed by atoms with van der Waals surface area (Å²) in [5.74, 6) is 2.10. The Bertz CT molecular complexity index is 1460. The molecule has 5 rings (SSSR count). The van der Waals surface area contributed by atoms with Gasteiger partial charge in [-0.05, 0) is 80.1 Å². The molecule has 1 N–H and O–H groups in total. The van der Waals surface area contributed by atoms with Gasteiger partial charge in [0, 0.05) is 42.0 Å². The van der Waals surface area contributed by atoms with Crippen molar-refractivity contribution < 1.29 is 9.21 Å². The van der Waals surface area contributed by atoms with Crippen molar-refractivity contribution in [1.29, 1.82) is 5.26 Å². The lowest BCUT2D eigenvalue weighted by Gasteiger charge is -2.33. The summed E-state index contributed by atoms with van der Waals surface area (Å²) in [7, 11) is 0. The molecular formula is C30H31N5O2. The Morgan fingerprint density at radius 1 is 1.14 bits per heavy atom. The van der Waals surface area contributed by atoms with Crippen molar-refractivity contribution >= 4 is 22.8 Å². The van der Waals surface area contributed by atoms with E-state index < -0.39 is 0 Å². The first-order valence-corrected chi connectivity index (χ1v) is 12.8. The van der Waals surface area contributed by atoms with Crippen LogP contribution in [-0.4, -0.2) is 35.5 Å². The molecule has 1 fully saturated rings. The van der Waals surface area contributed by atoms with Crippen LogP contribution in [0.1, 0.15) is 59.8 Å². The van der Waals surface area contributed by atoms with Crippen LogP contribution in [0.2, 0.25) is 0 Å². The summed E-state index contributed by atoms with van der Waals surface area (Å²) in [6, 6.07) is 19.2. The normalized spacial score (nSPS) is 14.2. The highest BCUT2D eigenvalue weighted by Gasteiger charge is 2.21. The number of nitrogens with zero attached hydrogens (tertiary/aromatic N) is 4. The molecule has 7 heteroatoms. The number of nitriles is 1. The molecule has 1 amide bonds. The van der Waals surface area contributed by atoms with Gasteiger partial charge in [0.2, 0.25) is 5.89 Å². The van der Waals surface area contributed by atoms with E-state index in [2.05, 4.69) is 46.2 Å². The highest BCUT2D eigenvalue weighted by Crippen LogP contribution is 2.31. The molecule has 1 aliphatic heterocycles. The molecule has 1 aliphatic rings. The fourth-order valence-corrected chi connectivity index (χ4v) is 4.85. The quantitative estimate of drug-likeness (QED) is 0.363. The second-order valence-corrected chi connectivity index (χ2v) is 10.1. The fourth-order valence-electron chi connectivity index (χ4n) is 4.85. The minimum absolute atomic E-state index is 0.0762. The molecule has 2 aromatic heterocycles. The van der Waals surface area contributed by atoms with Gasteiger partial charge < -0.3 is 14.6 Å². The van der Waals surface area contributed by atoms with Gasteiger partial charge in [0.1, 0.15) is 11.3 Å². The highest BCUT2D eigenvalue weighted by atomic mass is 16.3. The van der Waals surface area contributed by atoms with Gasteiger partial charge in [0.15, 0.2) is 5.58 Å². The van der Waals surface area contributed by atoms with Crippen LogP contribution >= 0.6 is 0 Å². The number of piperidine rings is 1. The number of benzene rings is 2. The standard InChI is InChI=1S/C30H31N5O2/c1-19(2)25-15-22(17-31)16-26-28(25)37-30(34-26)24-9-7-23(8-10-24)29(36)32-18-21-11-13-35(14-12-21)27-6-4-5-20(3)33-27/h4-10,15-16,19,21H,11-14,18H2,1-3H3,(H,32,36). The monoisotopic (exact) mass is 493 g/mol. The van der Waals surface area contributed by atoms with Crippen molar-refractivity contribution in [3.63, 3.8) is 0 Å². The number of oxazole rings is 1. The van der Waals surface area contributed by atoms with E-state index in [0.717, 1.165) is 48.6 Å². The van der Waals surface area contributed by atoms with Gasteiger partial charge in [-0.2, -0.15) is 5.26 Å². The number of hydrogen-bond acceptors (Lipinski definition) is 6. The van der Waals surface area contributed by atoms with Crippen LogP contribution in [-0.2, 0) is 0 Å². The second kappa shape index (κ2) is 10.4. The number of nitrogens with one attached hydrogen (secondary N) is 1. The molecule has 7 nitrogen and oxygen atoms in total. The van der Waals surface area contributed by atoms with Gasteiger partial charge >= 0.3 is 0 Å². The maximum absolute atomic E-state index is 12.8. The number of anilines is 1. The lowest BCUT2D eigenvalue weighted by atomic mass is 9.96. The third-order valence-electron chi connectivity index (χ3n) is 7.03. The summed E-state index contributed by atoms with van der Waals surface area (Å²) in [6.07, 6.45) is 2.05. The van der Waals surface area contributed by atoms with Gasteiger partial charge in [0.05, 0.1) is 11.6 Å². The molecule has 188 valence electrons. The van der Waals surface area contributed by atoms with Crippen LogP contribution in [0.25, 0.3) is 22.6 Å². The van der Waals surface area contributed by atoms with E-state index >= 15 is 0 Å². The number of rotatable bonds is 6. The van der Waals surface area contributed by atoms with Crippen LogP contribution in [0.5, 0.6) is 0 Å². The Kier molecular flexibility index (Phi) is 6.91. The number of hydrogen-bond donors (Lipinski definition) is 1. The first-order valence-electron chi connectivity index (χ1n) is 12.8. The number of aryl methyl sites for hydroxylation is 1. The SMILES string of the molecule is Cc1cccc(N2CCC(CNC(=O)c3ccc(-c4nc5cc(C#N)cc(C(C)C)c5o4)cc3)CC2)n1. The minimum Gasteiger partial charge on any atom is -0.436 e. The Balaban J connectivity index is 1.20. The highest BCUT2D eigenvalue weighted by molar-refractivity contribution is 5.94. The largest absolute Gasteiger partial charge is 0.436 e. The van der Waals surface area contributed by atoms with Crippen LogP contribution in [0.15, 0.2) is 59.0 Å². The zero-order valence-electron chi connectivity index (χ0n) is 21.5. The van der Waals surface area contributed by atoms with Crippen molar-refractivity contribution in [3.8, 4) is 17.5 Å². The summed E-state index contributed by atoms with van der Waals surface area (Å²) in [6.45, 7) is 8.71. The number of carbonyl (C=O) groups is 1. The van der Waals surface area contributed by atoms with Crippen molar-refractivity contribution in [2.45, 2.75) is 39.5 Å². The van der Waals surface area contributed by atoms with Crippen molar-refractivity contribution in [3.05, 3.63) is 77.0 Å². The Morgan fingerprint density at radius 3 is 2.57 bits per heavy atom. The molecule has 37 heavy (non-hydrogen) atoms. The van der Waals surface area contributed by atoms with E-state index in [1.54, 1.807) is 18.2 Å². The smallest absolute Gasteiger partial charge is 0.251 e. The van der Waals surface area contributed by atoms with Crippen LogP contribution in [0.3, 0.4) is 0 Å². The molecule has 0 bridgehead atoms. The predicted molar refractivity (Wildman–Crippen MR) is 144 cm³/mol. The van der Waals surface area contributed by atoms with Crippen LogP contribution in [0.4, 0.5) is 5.82 Å². The number of carbonyl (C=O) groups excluding carboxylic acids is 1. The first kappa shape index (κ1) is 24.5. The zero-order chi connectivity index (χ0) is 25.9. The molecule has 0 radical (unpaired) electrons. The Labute approximate surface area is 217 Å². The van der Waals surface area contributed by atoms with E-state index in [-0.39, 0.29) is 11.8 Å². The lowest BCUT2D eigenvalue weighted by molar-refractivity contribution is 0.0945. The Hall–Kier alpha value is -4.18. The molecule has 0 saturated carbocycles. The average molecular weight is 494 g/mol. The molecule has 0 atom stereocenters. The molecule has 0 aliphatic carbocycles. The summed E-state index contributed by atoms with van der Waals surface area (Å²) in [5.41, 5.74) is 5.33. The number of pyridine rings is 1. The molecule has 0 unspecified atom stereocenters. The molecular weight excluding hydrogens is 462 g/mol. The van der Waals surface area contributed by atoms with Crippen molar-refractivity contribution in [1.82, 2.24) is 15.3 Å². The van der Waals surface area contributed by atoms with Gasteiger partial charge in [-0.25, -0.2) is 9.97 Å². The maximum Gasteiger partial charge on any atom is 0.251 e. The zero-order valence-corrected chi connectivity index (χ0v) is 21.5. The third kappa shape index (κ3) is 5.34. The van der Waals surface area contributed by atoms with E-state index in [9.17, 15) is 10.1 Å². The number of aromatic nitrogens is 2. The fraction of sp³-hybridized carbons (Fsp3) is 0.333. The van der Waals surface area contributed by atoms with E-state index in [4.69, 9.17) is 4.42 Å². The summed E-state index contributed by atoms with van der Waals surface area (Å²) >= 11 is 0. The molecule has 2 aromatic carbocycles. The van der Waals surface area contributed by atoms with E-state index in [1.165, 1.54) is 0 Å². The van der Waals surface area contributed by atoms with E-state index in [0.29, 0.717) is 40.6 Å². The summed E-state index contributed by atoms with van der Waals surface area (Å²) in [4.78, 5) is 24.4. The molecule has 3 heterocycles. The van der Waals surface area contributed by atoms with Gasteiger partial charge in [0.25, 0.3) is 5.91 Å². The average Bonchev–Trinajstić information content (AvgIpc) is 3.35. The first-order chi connectivity index (χ1) is 17.9. The van der Waals surface area contributed by atoms with Crippen molar-refractivity contribution in [2.24, 2.45) is 5.92 Å². The second-order valence-electron chi connectivity index (χ2n) is 10.1. The molecule has 4 aromatic rings. The van der Waals surface area contributed by atoms with Crippen molar-refractivity contribution in [2.75, 3.05) is 24.5 Å². The van der Waals surface area contributed by atoms with Crippen LogP contribution < -0.4 is 10.2 Å². The van der Waals surface area contributed by atoms with Crippen LogP contribution in [0, 0.1) is 24.2 Å². The molecule has 0 spiro atoms. The minimum atomic E-state index is -0.0762. The number of fused-ring (bicyclic) bond motifs is 1. The lowest BCUT2D eigenvalue weighted by Crippen LogP contribution is -2.39. The van der Waals surface area contributed by atoms with Gasteiger partial charge in [-0.3, -0.25) is 4.79 Å². The Morgan fingerprint density at radius 2 is 1.89 bits per heavy atom. The summed E-state index contributed by atoms with van der Waals surface area (Å²) < 4.78 is 6.09. The summed E-state index contributed by atoms with van der Waals surface area (Å²) in [5, 5.41) is 12.5. The third-order valence-corrected chi connectivity index (χ3v) is 7.03. The van der Waals surface area contributed by atoms with E-state index in [1.807, 2.05) is 37.3 Å². The predicted octanol–water partition coefficient (Wildman–Crippen LogP) is 5.84. The van der Waals surface area contributed by atoms with Gasteiger partial charge in [-0.1, -0.05) is 19.9 Å².